The first-order valence-electron chi connectivity index (χ1n) is 5.61. The first-order valence-corrected chi connectivity index (χ1v) is 7.81. The monoisotopic (exact) mass is 344 g/mol. The minimum absolute atomic E-state index is 0. The molecule has 0 bridgehead atoms. The zero-order valence-electron chi connectivity index (χ0n) is 10.3. The third-order valence-corrected chi connectivity index (χ3v) is 5.90. The quantitative estimate of drug-likeness (QED) is 0.895. The number of nitrogens with zero attached hydrogens (tertiary/aromatic N) is 1. The number of benzene rings is 1. The van der Waals surface area contributed by atoms with Crippen LogP contribution in [0.3, 0.4) is 0 Å². The average molecular weight is 346 g/mol. The van der Waals surface area contributed by atoms with Gasteiger partial charge in [0.1, 0.15) is 4.90 Å². The lowest BCUT2D eigenvalue weighted by Gasteiger charge is -2.33. The highest BCUT2D eigenvalue weighted by Gasteiger charge is 2.33. The summed E-state index contributed by atoms with van der Waals surface area (Å²) in [6.07, 6.45) is 0. The highest BCUT2D eigenvalue weighted by molar-refractivity contribution is 7.89. The second-order valence-electron chi connectivity index (χ2n) is 4.22. The van der Waals surface area contributed by atoms with E-state index >= 15 is 0 Å². The van der Waals surface area contributed by atoms with Crippen molar-refractivity contribution in [2.75, 3.05) is 19.6 Å². The van der Waals surface area contributed by atoms with E-state index in [0.717, 1.165) is 0 Å². The largest absolute Gasteiger partial charge is 0.314 e. The highest BCUT2D eigenvalue weighted by atomic mass is 35.5. The predicted octanol–water partition coefficient (Wildman–Crippen LogP) is 2.40. The maximum absolute atomic E-state index is 12.6. The van der Waals surface area contributed by atoms with Crippen molar-refractivity contribution < 1.29 is 8.42 Å². The van der Waals surface area contributed by atoms with E-state index in [4.69, 9.17) is 23.2 Å². The Morgan fingerprint density at radius 1 is 1.32 bits per heavy atom. The molecule has 0 aromatic heterocycles. The van der Waals surface area contributed by atoms with Crippen molar-refractivity contribution >= 4 is 45.6 Å². The van der Waals surface area contributed by atoms with Crippen LogP contribution in [0.1, 0.15) is 6.92 Å². The molecule has 4 nitrogen and oxygen atoms in total. The number of halogens is 3. The number of piperazine rings is 1. The van der Waals surface area contributed by atoms with E-state index in [9.17, 15) is 8.42 Å². The van der Waals surface area contributed by atoms with Crippen molar-refractivity contribution in [3.63, 3.8) is 0 Å². The Bertz CT molecular complexity index is 531. The Kier molecular flexibility index (Phi) is 5.92. The summed E-state index contributed by atoms with van der Waals surface area (Å²) in [6.45, 7) is 3.53. The first-order chi connectivity index (χ1) is 8.44. The standard InChI is InChI=1S/C11H14Cl2N2O2S.ClH/c1-8-7-14-5-6-15(8)18(16,17)11-9(12)3-2-4-10(11)13;/h2-4,8,14H,5-7H2,1H3;1H. The molecule has 1 heterocycles. The Labute approximate surface area is 129 Å². The van der Waals surface area contributed by atoms with Gasteiger partial charge < -0.3 is 5.32 Å². The zero-order valence-corrected chi connectivity index (χ0v) is 13.4. The number of hydrogen-bond donors (Lipinski definition) is 1. The second-order valence-corrected chi connectivity index (χ2v) is 6.86. The lowest BCUT2D eigenvalue weighted by Crippen LogP contribution is -2.52. The van der Waals surface area contributed by atoms with E-state index in [1.54, 1.807) is 6.07 Å². The molecule has 0 amide bonds. The Morgan fingerprint density at radius 2 is 1.89 bits per heavy atom. The molecule has 8 heteroatoms. The second kappa shape index (κ2) is 6.61. The maximum atomic E-state index is 12.6. The van der Waals surface area contributed by atoms with Crippen LogP contribution in [-0.2, 0) is 10.0 Å². The Balaban J connectivity index is 0.00000180. The molecule has 1 aromatic rings. The van der Waals surface area contributed by atoms with Crippen molar-refractivity contribution in [1.29, 1.82) is 0 Å². The van der Waals surface area contributed by atoms with Crippen molar-refractivity contribution in [1.82, 2.24) is 9.62 Å². The normalized spacial score (nSPS) is 20.9. The van der Waals surface area contributed by atoms with Gasteiger partial charge in [0, 0.05) is 25.7 Å². The van der Waals surface area contributed by atoms with Gasteiger partial charge in [-0.3, -0.25) is 0 Å². The Morgan fingerprint density at radius 3 is 2.42 bits per heavy atom. The first kappa shape index (κ1) is 17.0. The number of hydrogen-bond acceptors (Lipinski definition) is 3. The third-order valence-electron chi connectivity index (χ3n) is 2.93. The van der Waals surface area contributed by atoms with E-state index in [1.807, 2.05) is 6.92 Å². The molecule has 0 radical (unpaired) electrons. The molecule has 19 heavy (non-hydrogen) atoms. The van der Waals surface area contributed by atoms with E-state index in [1.165, 1.54) is 16.4 Å². The van der Waals surface area contributed by atoms with Gasteiger partial charge in [-0.25, -0.2) is 8.42 Å². The fraction of sp³-hybridized carbons (Fsp3) is 0.455. The van der Waals surface area contributed by atoms with Crippen molar-refractivity contribution in [2.24, 2.45) is 0 Å². The van der Waals surface area contributed by atoms with Gasteiger partial charge in [-0.05, 0) is 19.1 Å². The lowest BCUT2D eigenvalue weighted by atomic mass is 10.3. The highest BCUT2D eigenvalue weighted by Crippen LogP contribution is 2.32. The summed E-state index contributed by atoms with van der Waals surface area (Å²) in [5.41, 5.74) is 0. The van der Waals surface area contributed by atoms with Crippen LogP contribution in [0.4, 0.5) is 0 Å². The van der Waals surface area contributed by atoms with Crippen LogP contribution in [-0.4, -0.2) is 38.4 Å². The molecule has 1 fully saturated rings. The van der Waals surface area contributed by atoms with E-state index in [2.05, 4.69) is 5.32 Å². The van der Waals surface area contributed by atoms with Crippen LogP contribution < -0.4 is 5.32 Å². The molecule has 2 rings (SSSR count). The van der Waals surface area contributed by atoms with Gasteiger partial charge in [-0.1, -0.05) is 29.3 Å². The summed E-state index contributed by atoms with van der Waals surface area (Å²) in [6, 6.07) is 4.58. The van der Waals surface area contributed by atoms with Crippen LogP contribution in [0.2, 0.25) is 10.0 Å². The number of nitrogens with one attached hydrogen (secondary N) is 1. The molecule has 0 spiro atoms. The summed E-state index contributed by atoms with van der Waals surface area (Å²) in [5.74, 6) is 0. The molecule has 1 saturated heterocycles. The van der Waals surface area contributed by atoms with E-state index in [0.29, 0.717) is 19.6 Å². The minimum atomic E-state index is -3.64. The fourth-order valence-electron chi connectivity index (χ4n) is 2.03. The van der Waals surface area contributed by atoms with Gasteiger partial charge in [0.05, 0.1) is 10.0 Å². The molecule has 0 aliphatic carbocycles. The molecular formula is C11H15Cl3N2O2S. The summed E-state index contributed by atoms with van der Waals surface area (Å²) in [7, 11) is -3.64. The van der Waals surface area contributed by atoms with E-state index in [-0.39, 0.29) is 33.4 Å². The van der Waals surface area contributed by atoms with Gasteiger partial charge in [0.2, 0.25) is 10.0 Å². The van der Waals surface area contributed by atoms with Crippen molar-refractivity contribution in [3.05, 3.63) is 28.2 Å². The van der Waals surface area contributed by atoms with Crippen LogP contribution in [0.5, 0.6) is 0 Å². The van der Waals surface area contributed by atoms with Crippen LogP contribution >= 0.6 is 35.6 Å². The van der Waals surface area contributed by atoms with Gasteiger partial charge >= 0.3 is 0 Å². The molecule has 1 aliphatic rings. The molecular weight excluding hydrogens is 331 g/mol. The lowest BCUT2D eigenvalue weighted by molar-refractivity contribution is 0.284. The van der Waals surface area contributed by atoms with Crippen LogP contribution in [0.15, 0.2) is 23.1 Å². The summed E-state index contributed by atoms with van der Waals surface area (Å²) in [4.78, 5) is 0.00193. The number of rotatable bonds is 2. The Hall–Kier alpha value is -0.0400. The SMILES string of the molecule is CC1CNCCN1S(=O)(=O)c1c(Cl)cccc1Cl.Cl. The molecule has 0 saturated carbocycles. The van der Waals surface area contributed by atoms with Crippen molar-refractivity contribution in [3.8, 4) is 0 Å². The minimum Gasteiger partial charge on any atom is -0.314 e. The van der Waals surface area contributed by atoms with Gasteiger partial charge in [0.15, 0.2) is 0 Å². The topological polar surface area (TPSA) is 49.4 Å². The van der Waals surface area contributed by atoms with Gasteiger partial charge in [-0.15, -0.1) is 12.4 Å². The molecule has 1 N–H and O–H groups in total. The molecule has 1 aromatic carbocycles. The van der Waals surface area contributed by atoms with Crippen LogP contribution in [0.25, 0.3) is 0 Å². The molecule has 1 aliphatic heterocycles. The summed E-state index contributed by atoms with van der Waals surface area (Å²) >= 11 is 12.0. The predicted molar refractivity (Wildman–Crippen MR) is 79.9 cm³/mol. The molecule has 1 atom stereocenters. The number of sulfonamides is 1. The van der Waals surface area contributed by atoms with E-state index < -0.39 is 10.0 Å². The zero-order chi connectivity index (χ0) is 13.3. The van der Waals surface area contributed by atoms with Gasteiger partial charge in [-0.2, -0.15) is 4.31 Å². The smallest absolute Gasteiger partial charge is 0.246 e. The van der Waals surface area contributed by atoms with Crippen molar-refractivity contribution in [2.45, 2.75) is 17.9 Å². The molecule has 1 unspecified atom stereocenters. The third kappa shape index (κ3) is 3.35. The fourth-order valence-corrected chi connectivity index (χ4v) is 4.75. The van der Waals surface area contributed by atoms with Crippen LogP contribution in [0, 0.1) is 0 Å². The van der Waals surface area contributed by atoms with Gasteiger partial charge in [0.25, 0.3) is 0 Å². The summed E-state index contributed by atoms with van der Waals surface area (Å²) < 4.78 is 26.6. The average Bonchev–Trinajstić information content (AvgIpc) is 2.28. The summed E-state index contributed by atoms with van der Waals surface area (Å²) in [5, 5.41) is 3.47. The maximum Gasteiger partial charge on any atom is 0.246 e. The molecule has 108 valence electrons.